The van der Waals surface area contributed by atoms with Gasteiger partial charge in [-0.25, -0.2) is 0 Å². The molecule has 17 heavy (non-hydrogen) atoms. The van der Waals surface area contributed by atoms with Crippen LogP contribution in [0.2, 0.25) is 0 Å². The van der Waals surface area contributed by atoms with Gasteiger partial charge in [0.15, 0.2) is 5.76 Å². The van der Waals surface area contributed by atoms with Crippen LogP contribution in [0.5, 0.6) is 5.88 Å². The van der Waals surface area contributed by atoms with Gasteiger partial charge in [0.1, 0.15) is 0 Å². The van der Waals surface area contributed by atoms with E-state index < -0.39 is 0 Å². The average molecular weight is 231 g/mol. The highest BCUT2D eigenvalue weighted by atomic mass is 16.5. The minimum Gasteiger partial charge on any atom is -0.491 e. The highest BCUT2D eigenvalue weighted by Crippen LogP contribution is 2.22. The van der Waals surface area contributed by atoms with E-state index >= 15 is 0 Å². The average Bonchev–Trinajstić information content (AvgIpc) is 2.77. The molecule has 0 aliphatic carbocycles. The van der Waals surface area contributed by atoms with Crippen LogP contribution in [0.3, 0.4) is 0 Å². The molecule has 1 aromatic carbocycles. The predicted molar refractivity (Wildman–Crippen MR) is 63.8 cm³/mol. The van der Waals surface area contributed by atoms with E-state index in [1.54, 1.807) is 6.20 Å². The zero-order valence-corrected chi connectivity index (χ0v) is 9.13. The van der Waals surface area contributed by atoms with E-state index in [2.05, 4.69) is 10.5 Å². The molecule has 0 atom stereocenters. The highest BCUT2D eigenvalue weighted by Gasteiger charge is 2.04. The zero-order valence-electron chi connectivity index (χ0n) is 9.13. The quantitative estimate of drug-likeness (QED) is 0.743. The van der Waals surface area contributed by atoms with Gasteiger partial charge in [-0.15, -0.1) is 0 Å². The van der Waals surface area contributed by atoms with Crippen molar-refractivity contribution in [1.29, 1.82) is 0 Å². The minimum atomic E-state index is -0.112. The molecule has 0 saturated heterocycles. The Hall–Kier alpha value is -2.43. The van der Waals surface area contributed by atoms with E-state index in [1.165, 1.54) is 12.3 Å². The number of aromatic hydroxyl groups is 1. The second-order valence-corrected chi connectivity index (χ2v) is 3.49. The molecule has 0 unspecified atom stereocenters. The van der Waals surface area contributed by atoms with Gasteiger partial charge in [-0.2, -0.15) is 0 Å². The van der Waals surface area contributed by atoms with Crippen molar-refractivity contribution in [3.05, 3.63) is 48.3 Å². The Kier molecular flexibility index (Phi) is 3.30. The fraction of sp³-hybridized carbons (Fsp3) is 0.0833. The van der Waals surface area contributed by atoms with E-state index in [0.717, 1.165) is 11.1 Å². The number of nitrogens with zero attached hydrogens (tertiary/aromatic N) is 1. The molecule has 0 radical (unpaired) electrons. The van der Waals surface area contributed by atoms with Gasteiger partial charge in [-0.3, -0.25) is 0 Å². The van der Waals surface area contributed by atoms with Crippen molar-refractivity contribution in [2.24, 2.45) is 5.73 Å². The Labute approximate surface area is 98.5 Å². The summed E-state index contributed by atoms with van der Waals surface area (Å²) in [5.74, 6) is 0.433. The van der Waals surface area contributed by atoms with Crippen molar-refractivity contribution in [3.63, 3.8) is 0 Å². The van der Waals surface area contributed by atoms with E-state index in [4.69, 9.17) is 15.4 Å². The van der Waals surface area contributed by atoms with E-state index in [9.17, 15) is 0 Å². The van der Waals surface area contributed by atoms with Crippen LogP contribution in [0.1, 0.15) is 5.56 Å². The second-order valence-electron chi connectivity index (χ2n) is 3.49. The Bertz CT molecular complexity index is 503. The summed E-state index contributed by atoms with van der Waals surface area (Å²) in [7, 11) is 0. The van der Waals surface area contributed by atoms with Crippen molar-refractivity contribution in [3.8, 4) is 17.2 Å². The Morgan fingerprint density at radius 1 is 1.35 bits per heavy atom. The smallest absolute Gasteiger partial charge is 0.252 e. The van der Waals surface area contributed by atoms with Crippen LogP contribution in [-0.2, 0) is 6.54 Å². The maximum atomic E-state index is 9.08. The van der Waals surface area contributed by atoms with Gasteiger partial charge in [0.25, 0.3) is 5.88 Å². The van der Waals surface area contributed by atoms with E-state index in [-0.39, 0.29) is 5.88 Å². The topological polar surface area (TPSA) is 84.3 Å². The minimum absolute atomic E-state index is 0.112. The van der Waals surface area contributed by atoms with Gasteiger partial charge in [0, 0.05) is 30.6 Å². The summed E-state index contributed by atoms with van der Waals surface area (Å²) >= 11 is 0. The van der Waals surface area contributed by atoms with Crippen LogP contribution >= 0.6 is 0 Å². The summed E-state index contributed by atoms with van der Waals surface area (Å²) in [6.45, 7) is 0.704. The van der Waals surface area contributed by atoms with Crippen LogP contribution in [0.15, 0.2) is 47.3 Å². The summed E-state index contributed by atoms with van der Waals surface area (Å²) in [6, 6.07) is 9.22. The van der Waals surface area contributed by atoms with Crippen molar-refractivity contribution >= 4 is 0 Å². The fourth-order valence-corrected chi connectivity index (χ4v) is 1.43. The lowest BCUT2D eigenvalue weighted by molar-refractivity contribution is 0.365. The maximum absolute atomic E-state index is 9.08. The van der Waals surface area contributed by atoms with Crippen molar-refractivity contribution < 1.29 is 9.63 Å². The van der Waals surface area contributed by atoms with Crippen molar-refractivity contribution in [2.45, 2.75) is 6.54 Å². The van der Waals surface area contributed by atoms with E-state index in [0.29, 0.717) is 12.3 Å². The van der Waals surface area contributed by atoms with E-state index in [1.807, 2.05) is 24.3 Å². The van der Waals surface area contributed by atoms with Crippen LogP contribution in [0.4, 0.5) is 0 Å². The Balaban J connectivity index is 2.07. The molecule has 0 amide bonds. The number of hydrogen-bond donors (Lipinski definition) is 3. The number of aromatic nitrogens is 1. The predicted octanol–water partition coefficient (Wildman–Crippen LogP) is 1.57. The second kappa shape index (κ2) is 5.07. The zero-order chi connectivity index (χ0) is 12.1. The van der Waals surface area contributed by atoms with Gasteiger partial charge in [-0.1, -0.05) is 24.3 Å². The third-order valence-electron chi connectivity index (χ3n) is 2.26. The summed E-state index contributed by atoms with van der Waals surface area (Å²) < 4.78 is 4.95. The molecule has 2 aromatic rings. The molecule has 88 valence electrons. The number of nitrogens with one attached hydrogen (secondary N) is 1. The monoisotopic (exact) mass is 231 g/mol. The third-order valence-corrected chi connectivity index (χ3v) is 2.26. The van der Waals surface area contributed by atoms with Gasteiger partial charge in [0.2, 0.25) is 0 Å². The van der Waals surface area contributed by atoms with Crippen LogP contribution in [-0.4, -0.2) is 10.3 Å². The fourth-order valence-electron chi connectivity index (χ4n) is 1.43. The van der Waals surface area contributed by atoms with Gasteiger partial charge in [-0.05, 0) is 10.7 Å². The molecular formula is C12H13N3O2. The molecule has 0 aliphatic rings. The molecule has 1 aromatic heterocycles. The molecule has 0 spiro atoms. The molecule has 0 saturated carbocycles. The first-order valence-corrected chi connectivity index (χ1v) is 5.15. The molecular weight excluding hydrogens is 218 g/mol. The normalized spacial score (nSPS) is 10.8. The van der Waals surface area contributed by atoms with Gasteiger partial charge >= 0.3 is 0 Å². The number of benzene rings is 1. The number of hydrogen-bond acceptors (Lipinski definition) is 5. The summed E-state index contributed by atoms with van der Waals surface area (Å²) in [4.78, 5) is 0. The summed E-state index contributed by atoms with van der Waals surface area (Å²) in [5.41, 5.74) is 7.20. The first-order valence-electron chi connectivity index (χ1n) is 5.15. The molecule has 0 fully saturated rings. The third kappa shape index (κ3) is 2.78. The molecule has 1 heterocycles. The SMILES string of the molecule is N/C=C\NCc1ccc(-c2cc(O)no2)cc1. The van der Waals surface area contributed by atoms with Crippen molar-refractivity contribution in [1.82, 2.24) is 10.5 Å². The molecule has 4 N–H and O–H groups in total. The Morgan fingerprint density at radius 3 is 2.71 bits per heavy atom. The number of nitrogens with two attached hydrogens (primary N) is 1. The molecule has 0 aliphatic heterocycles. The van der Waals surface area contributed by atoms with Gasteiger partial charge in [0.05, 0.1) is 0 Å². The summed E-state index contributed by atoms with van der Waals surface area (Å²) in [6.07, 6.45) is 3.13. The van der Waals surface area contributed by atoms with Crippen molar-refractivity contribution in [2.75, 3.05) is 0 Å². The maximum Gasteiger partial charge on any atom is 0.252 e. The number of rotatable bonds is 4. The van der Waals surface area contributed by atoms with Gasteiger partial charge < -0.3 is 20.7 Å². The standard InChI is InChI=1S/C12H13N3O2/c13-5-6-14-8-9-1-3-10(4-2-9)11-7-12(16)15-17-11/h1-7,14H,8,13H2,(H,15,16)/b6-5-. The largest absolute Gasteiger partial charge is 0.491 e. The molecule has 5 nitrogen and oxygen atoms in total. The lowest BCUT2D eigenvalue weighted by Gasteiger charge is -2.02. The molecule has 5 heteroatoms. The summed E-state index contributed by atoms with van der Waals surface area (Å²) in [5, 5.41) is 15.5. The first kappa shape index (κ1) is 11.1. The van der Waals surface area contributed by atoms with Crippen LogP contribution in [0.25, 0.3) is 11.3 Å². The Morgan fingerprint density at radius 2 is 2.12 bits per heavy atom. The first-order chi connectivity index (χ1) is 8.29. The highest BCUT2D eigenvalue weighted by molar-refractivity contribution is 5.58. The molecule has 0 bridgehead atoms. The molecule has 2 rings (SSSR count). The van der Waals surface area contributed by atoms with Crippen LogP contribution in [0, 0.1) is 0 Å². The lowest BCUT2D eigenvalue weighted by atomic mass is 10.1. The lowest BCUT2D eigenvalue weighted by Crippen LogP contribution is -2.04. The van der Waals surface area contributed by atoms with Crippen LogP contribution < -0.4 is 11.1 Å².